The summed E-state index contributed by atoms with van der Waals surface area (Å²) in [6.07, 6.45) is 3.62. The van der Waals surface area contributed by atoms with E-state index in [9.17, 15) is 9.59 Å². The number of nitrogens with two attached hydrogens (primary N) is 1. The SMILES string of the molecule is C=CCNc1nc(N)nc2c1CCN(C(=O)C1=NNC(=O)CC1)CC2. The normalized spacial score (nSPS) is 17.0. The van der Waals surface area contributed by atoms with Gasteiger partial charge in [-0.2, -0.15) is 10.1 Å². The predicted octanol–water partition coefficient (Wildman–Crippen LogP) is -0.150. The molecule has 0 fully saturated rings. The molecule has 2 amide bonds. The van der Waals surface area contributed by atoms with E-state index in [1.54, 1.807) is 11.0 Å². The number of hydrazone groups is 1. The van der Waals surface area contributed by atoms with E-state index >= 15 is 0 Å². The summed E-state index contributed by atoms with van der Waals surface area (Å²) >= 11 is 0. The highest BCUT2D eigenvalue weighted by Gasteiger charge is 2.27. The molecule has 0 aromatic carbocycles. The molecule has 2 aliphatic rings. The van der Waals surface area contributed by atoms with Crippen LogP contribution in [0.1, 0.15) is 24.1 Å². The minimum absolute atomic E-state index is 0.144. The first-order valence-electron chi connectivity index (χ1n) is 8.23. The van der Waals surface area contributed by atoms with E-state index in [1.165, 1.54) is 0 Å². The molecule has 0 bridgehead atoms. The zero-order chi connectivity index (χ0) is 17.8. The van der Waals surface area contributed by atoms with E-state index in [2.05, 4.69) is 32.4 Å². The number of nitrogens with one attached hydrogen (secondary N) is 2. The maximum absolute atomic E-state index is 12.6. The fraction of sp³-hybridized carbons (Fsp3) is 0.438. The number of amides is 2. The zero-order valence-electron chi connectivity index (χ0n) is 13.9. The molecular weight excluding hydrogens is 322 g/mol. The third kappa shape index (κ3) is 3.76. The van der Waals surface area contributed by atoms with Gasteiger partial charge < -0.3 is 16.0 Å². The van der Waals surface area contributed by atoms with Gasteiger partial charge in [-0.25, -0.2) is 10.4 Å². The summed E-state index contributed by atoms with van der Waals surface area (Å²) in [6.45, 7) is 5.32. The number of rotatable bonds is 4. The summed E-state index contributed by atoms with van der Waals surface area (Å²) in [5.74, 6) is 0.598. The van der Waals surface area contributed by atoms with Crippen molar-refractivity contribution in [2.75, 3.05) is 30.7 Å². The van der Waals surface area contributed by atoms with Gasteiger partial charge in [0.15, 0.2) is 0 Å². The Labute approximate surface area is 145 Å². The first kappa shape index (κ1) is 16.9. The van der Waals surface area contributed by atoms with Gasteiger partial charge in [-0.3, -0.25) is 9.59 Å². The molecule has 1 aromatic heterocycles. The quantitative estimate of drug-likeness (QED) is 0.653. The summed E-state index contributed by atoms with van der Waals surface area (Å²) in [7, 11) is 0. The average Bonchev–Trinajstić information content (AvgIpc) is 2.82. The lowest BCUT2D eigenvalue weighted by molar-refractivity contribution is -0.124. The Morgan fingerprint density at radius 3 is 2.80 bits per heavy atom. The molecule has 2 aliphatic heterocycles. The van der Waals surface area contributed by atoms with Crippen LogP contribution in [0, 0.1) is 0 Å². The van der Waals surface area contributed by atoms with Crippen LogP contribution in [0.4, 0.5) is 11.8 Å². The Kier molecular flexibility index (Phi) is 4.92. The van der Waals surface area contributed by atoms with E-state index in [0.29, 0.717) is 50.4 Å². The molecule has 0 saturated heterocycles. The number of nitrogens with zero attached hydrogens (tertiary/aromatic N) is 4. The van der Waals surface area contributed by atoms with Gasteiger partial charge in [-0.05, 0) is 6.42 Å². The van der Waals surface area contributed by atoms with Crippen molar-refractivity contribution in [2.24, 2.45) is 5.10 Å². The van der Waals surface area contributed by atoms with Crippen LogP contribution in [0.3, 0.4) is 0 Å². The van der Waals surface area contributed by atoms with Crippen molar-refractivity contribution in [3.8, 4) is 0 Å². The van der Waals surface area contributed by atoms with Gasteiger partial charge in [0.2, 0.25) is 11.9 Å². The van der Waals surface area contributed by atoms with Crippen molar-refractivity contribution < 1.29 is 9.59 Å². The van der Waals surface area contributed by atoms with Crippen LogP contribution in [-0.4, -0.2) is 52.0 Å². The van der Waals surface area contributed by atoms with Crippen molar-refractivity contribution in [3.63, 3.8) is 0 Å². The maximum atomic E-state index is 12.6. The number of carbonyl (C=O) groups is 2. The highest BCUT2D eigenvalue weighted by molar-refractivity contribution is 6.39. The fourth-order valence-corrected chi connectivity index (χ4v) is 2.95. The maximum Gasteiger partial charge on any atom is 0.270 e. The first-order valence-corrected chi connectivity index (χ1v) is 8.23. The van der Waals surface area contributed by atoms with Crippen LogP contribution >= 0.6 is 0 Å². The molecule has 9 nitrogen and oxygen atoms in total. The number of anilines is 2. The molecule has 3 heterocycles. The van der Waals surface area contributed by atoms with Crippen molar-refractivity contribution in [1.29, 1.82) is 0 Å². The molecule has 0 atom stereocenters. The lowest BCUT2D eigenvalue weighted by atomic mass is 10.1. The molecule has 132 valence electrons. The molecule has 3 rings (SSSR count). The molecule has 0 unspecified atom stereocenters. The van der Waals surface area contributed by atoms with Crippen molar-refractivity contribution in [3.05, 3.63) is 23.9 Å². The van der Waals surface area contributed by atoms with Crippen molar-refractivity contribution in [1.82, 2.24) is 20.3 Å². The molecule has 0 spiro atoms. The second kappa shape index (κ2) is 7.29. The second-order valence-electron chi connectivity index (χ2n) is 5.91. The van der Waals surface area contributed by atoms with Crippen LogP contribution in [0.5, 0.6) is 0 Å². The Morgan fingerprint density at radius 1 is 1.28 bits per heavy atom. The van der Waals surface area contributed by atoms with E-state index in [0.717, 1.165) is 11.3 Å². The summed E-state index contributed by atoms with van der Waals surface area (Å²) < 4.78 is 0. The van der Waals surface area contributed by atoms with Gasteiger partial charge in [0.25, 0.3) is 5.91 Å². The standard InChI is InChI=1S/C16H21N7O2/c1-2-7-18-14-10-5-8-23(9-6-11(10)19-16(17)20-14)15(25)12-3-4-13(24)22-21-12/h2H,1,3-9H2,(H,22,24)(H3,17,18,19,20). The Balaban J connectivity index is 1.76. The van der Waals surface area contributed by atoms with Crippen LogP contribution in [0.2, 0.25) is 0 Å². The molecule has 4 N–H and O–H groups in total. The second-order valence-corrected chi connectivity index (χ2v) is 5.91. The largest absolute Gasteiger partial charge is 0.368 e. The summed E-state index contributed by atoms with van der Waals surface area (Å²) in [5, 5.41) is 7.07. The third-order valence-electron chi connectivity index (χ3n) is 4.21. The van der Waals surface area contributed by atoms with E-state index in [4.69, 9.17) is 5.73 Å². The molecule has 1 aromatic rings. The van der Waals surface area contributed by atoms with Gasteiger partial charge in [0.05, 0.1) is 5.69 Å². The monoisotopic (exact) mass is 343 g/mol. The number of hydrogen-bond donors (Lipinski definition) is 3. The van der Waals surface area contributed by atoms with Gasteiger partial charge in [0, 0.05) is 44.5 Å². The van der Waals surface area contributed by atoms with Crippen molar-refractivity contribution in [2.45, 2.75) is 25.7 Å². The van der Waals surface area contributed by atoms with Gasteiger partial charge >= 0.3 is 0 Å². The van der Waals surface area contributed by atoms with E-state index < -0.39 is 0 Å². The topological polar surface area (TPSA) is 126 Å². The van der Waals surface area contributed by atoms with Crippen LogP contribution < -0.4 is 16.5 Å². The van der Waals surface area contributed by atoms with E-state index in [1.807, 2.05) is 0 Å². The number of carbonyl (C=O) groups excluding carboxylic acids is 2. The van der Waals surface area contributed by atoms with Gasteiger partial charge in [-0.15, -0.1) is 6.58 Å². The first-order chi connectivity index (χ1) is 12.1. The summed E-state index contributed by atoms with van der Waals surface area (Å²) in [4.78, 5) is 34.2. The van der Waals surface area contributed by atoms with Crippen LogP contribution in [-0.2, 0) is 22.4 Å². The highest BCUT2D eigenvalue weighted by atomic mass is 16.2. The minimum Gasteiger partial charge on any atom is -0.368 e. The molecule has 25 heavy (non-hydrogen) atoms. The van der Waals surface area contributed by atoms with E-state index in [-0.39, 0.29) is 24.2 Å². The van der Waals surface area contributed by atoms with Gasteiger partial charge in [0.1, 0.15) is 11.5 Å². The molecule has 0 saturated carbocycles. The zero-order valence-corrected chi connectivity index (χ0v) is 13.9. The third-order valence-corrected chi connectivity index (χ3v) is 4.21. The van der Waals surface area contributed by atoms with Crippen LogP contribution in [0.15, 0.2) is 17.8 Å². The molecule has 0 radical (unpaired) electrons. The summed E-state index contributed by atoms with van der Waals surface area (Å²) in [5.41, 5.74) is 10.4. The number of hydrogen-bond acceptors (Lipinski definition) is 7. The Hall–Kier alpha value is -2.97. The predicted molar refractivity (Wildman–Crippen MR) is 93.9 cm³/mol. The van der Waals surface area contributed by atoms with Gasteiger partial charge in [-0.1, -0.05) is 6.08 Å². The summed E-state index contributed by atoms with van der Waals surface area (Å²) in [6, 6.07) is 0. The number of fused-ring (bicyclic) bond motifs is 1. The molecule has 0 aliphatic carbocycles. The lowest BCUT2D eigenvalue weighted by Gasteiger charge is -2.22. The Bertz CT molecular complexity index is 744. The molecular formula is C16H21N7O2. The number of nitrogen functional groups attached to an aromatic ring is 1. The fourth-order valence-electron chi connectivity index (χ4n) is 2.95. The van der Waals surface area contributed by atoms with Crippen molar-refractivity contribution >= 4 is 29.3 Å². The Morgan fingerprint density at radius 2 is 2.08 bits per heavy atom. The average molecular weight is 343 g/mol. The molecule has 9 heteroatoms. The van der Waals surface area contributed by atoms with Crippen LogP contribution in [0.25, 0.3) is 0 Å². The lowest BCUT2D eigenvalue weighted by Crippen LogP contribution is -2.41. The smallest absolute Gasteiger partial charge is 0.270 e. The minimum atomic E-state index is -0.163. The highest BCUT2D eigenvalue weighted by Crippen LogP contribution is 2.22. The number of aromatic nitrogens is 2.